The third kappa shape index (κ3) is 2.63. The SMILES string of the molecule is CCOC(=O)c1cccn2c(C(=O)c3ccccc3)c(C)cc12. The number of aromatic nitrogens is 1. The first-order valence-electron chi connectivity index (χ1n) is 7.51. The lowest BCUT2D eigenvalue weighted by atomic mass is 10.1. The van der Waals surface area contributed by atoms with Gasteiger partial charge in [0, 0.05) is 11.8 Å². The van der Waals surface area contributed by atoms with Crippen molar-refractivity contribution in [2.75, 3.05) is 6.61 Å². The summed E-state index contributed by atoms with van der Waals surface area (Å²) in [6.45, 7) is 3.96. The van der Waals surface area contributed by atoms with Crippen LogP contribution in [0.2, 0.25) is 0 Å². The monoisotopic (exact) mass is 307 g/mol. The van der Waals surface area contributed by atoms with Gasteiger partial charge in [-0.15, -0.1) is 0 Å². The van der Waals surface area contributed by atoms with E-state index in [2.05, 4.69) is 0 Å². The number of hydrogen-bond donors (Lipinski definition) is 0. The quantitative estimate of drug-likeness (QED) is 0.546. The number of benzene rings is 1. The number of esters is 1. The fraction of sp³-hybridized carbons (Fsp3) is 0.158. The lowest BCUT2D eigenvalue weighted by molar-refractivity contribution is 0.0528. The lowest BCUT2D eigenvalue weighted by Crippen LogP contribution is -2.09. The van der Waals surface area contributed by atoms with Gasteiger partial charge in [0.15, 0.2) is 0 Å². The highest BCUT2D eigenvalue weighted by atomic mass is 16.5. The number of nitrogens with zero attached hydrogens (tertiary/aromatic N) is 1. The van der Waals surface area contributed by atoms with Gasteiger partial charge < -0.3 is 9.14 Å². The maximum atomic E-state index is 12.8. The minimum Gasteiger partial charge on any atom is -0.462 e. The summed E-state index contributed by atoms with van der Waals surface area (Å²) in [6, 6.07) is 14.4. The molecule has 0 amide bonds. The second-order valence-corrected chi connectivity index (χ2v) is 5.27. The van der Waals surface area contributed by atoms with Crippen molar-refractivity contribution in [3.8, 4) is 0 Å². The molecule has 1 aromatic carbocycles. The Morgan fingerprint density at radius 1 is 1.09 bits per heavy atom. The Balaban J connectivity index is 2.16. The van der Waals surface area contributed by atoms with Crippen molar-refractivity contribution in [3.05, 3.63) is 77.1 Å². The zero-order chi connectivity index (χ0) is 16.4. The second-order valence-electron chi connectivity index (χ2n) is 5.27. The van der Waals surface area contributed by atoms with Gasteiger partial charge in [0.1, 0.15) is 0 Å². The van der Waals surface area contributed by atoms with E-state index in [0.717, 1.165) is 5.56 Å². The number of hydrogen-bond acceptors (Lipinski definition) is 3. The molecule has 0 spiro atoms. The first-order chi connectivity index (χ1) is 11.1. The highest BCUT2D eigenvalue weighted by Crippen LogP contribution is 2.22. The van der Waals surface area contributed by atoms with E-state index in [1.165, 1.54) is 0 Å². The molecule has 0 atom stereocenters. The molecule has 4 heteroatoms. The van der Waals surface area contributed by atoms with Gasteiger partial charge in [0.25, 0.3) is 0 Å². The van der Waals surface area contributed by atoms with Gasteiger partial charge in [0.05, 0.1) is 23.4 Å². The Kier molecular flexibility index (Phi) is 3.98. The number of fused-ring (bicyclic) bond motifs is 1. The largest absolute Gasteiger partial charge is 0.462 e. The van der Waals surface area contributed by atoms with Gasteiger partial charge in [-0.05, 0) is 37.6 Å². The van der Waals surface area contributed by atoms with Crippen molar-refractivity contribution in [3.63, 3.8) is 0 Å². The van der Waals surface area contributed by atoms with Crippen LogP contribution in [-0.4, -0.2) is 22.8 Å². The fourth-order valence-corrected chi connectivity index (χ4v) is 2.72. The molecule has 0 bridgehead atoms. The summed E-state index contributed by atoms with van der Waals surface area (Å²) in [4.78, 5) is 24.9. The molecule has 3 rings (SSSR count). The molecule has 0 saturated heterocycles. The molecule has 0 fully saturated rings. The third-order valence-electron chi connectivity index (χ3n) is 3.75. The maximum absolute atomic E-state index is 12.8. The molecule has 2 aromatic heterocycles. The van der Waals surface area contributed by atoms with Crippen LogP contribution in [0.4, 0.5) is 0 Å². The van der Waals surface area contributed by atoms with Crippen LogP contribution >= 0.6 is 0 Å². The van der Waals surface area contributed by atoms with E-state index in [1.54, 1.807) is 41.8 Å². The predicted octanol–water partition coefficient (Wildman–Crippen LogP) is 3.66. The Morgan fingerprint density at radius 2 is 1.83 bits per heavy atom. The number of ketones is 1. The van der Waals surface area contributed by atoms with Crippen LogP contribution < -0.4 is 0 Å². The van der Waals surface area contributed by atoms with E-state index in [4.69, 9.17) is 4.74 Å². The van der Waals surface area contributed by atoms with Gasteiger partial charge in [-0.3, -0.25) is 4.79 Å². The summed E-state index contributed by atoms with van der Waals surface area (Å²) in [5.74, 6) is -0.446. The fourth-order valence-electron chi connectivity index (χ4n) is 2.72. The van der Waals surface area contributed by atoms with Gasteiger partial charge >= 0.3 is 5.97 Å². The van der Waals surface area contributed by atoms with E-state index >= 15 is 0 Å². The minimum absolute atomic E-state index is 0.0656. The van der Waals surface area contributed by atoms with Crippen LogP contribution in [0.15, 0.2) is 54.7 Å². The van der Waals surface area contributed by atoms with Crippen molar-refractivity contribution >= 4 is 17.3 Å². The van der Waals surface area contributed by atoms with Crippen LogP contribution in [-0.2, 0) is 4.74 Å². The average Bonchev–Trinajstić information content (AvgIpc) is 2.91. The van der Waals surface area contributed by atoms with E-state index < -0.39 is 0 Å². The molecule has 0 aliphatic rings. The molecule has 0 aliphatic heterocycles. The third-order valence-corrected chi connectivity index (χ3v) is 3.75. The van der Waals surface area contributed by atoms with Gasteiger partial charge in [-0.25, -0.2) is 4.79 Å². The first-order valence-corrected chi connectivity index (χ1v) is 7.51. The summed E-state index contributed by atoms with van der Waals surface area (Å²) >= 11 is 0. The first kappa shape index (κ1) is 15.0. The highest BCUT2D eigenvalue weighted by Gasteiger charge is 2.20. The highest BCUT2D eigenvalue weighted by molar-refractivity contribution is 6.10. The molecular weight excluding hydrogens is 290 g/mol. The van der Waals surface area contributed by atoms with Crippen LogP contribution in [0.1, 0.15) is 38.9 Å². The molecule has 4 nitrogen and oxygen atoms in total. The molecule has 23 heavy (non-hydrogen) atoms. The van der Waals surface area contributed by atoms with E-state index in [0.29, 0.717) is 28.9 Å². The summed E-state index contributed by atoms with van der Waals surface area (Å²) in [6.07, 6.45) is 1.79. The van der Waals surface area contributed by atoms with E-state index in [1.807, 2.05) is 31.2 Å². The number of carbonyl (C=O) groups excluding carboxylic acids is 2. The topological polar surface area (TPSA) is 47.8 Å². The Labute approximate surface area is 134 Å². The summed E-state index contributed by atoms with van der Waals surface area (Å²) in [7, 11) is 0. The number of pyridine rings is 1. The summed E-state index contributed by atoms with van der Waals surface area (Å²) in [5, 5.41) is 0. The number of rotatable bonds is 4. The molecule has 0 radical (unpaired) electrons. The molecule has 0 aliphatic carbocycles. The minimum atomic E-state index is -0.380. The smallest absolute Gasteiger partial charge is 0.340 e. The number of aryl methyl sites for hydroxylation is 1. The second kappa shape index (κ2) is 6.08. The average molecular weight is 307 g/mol. The molecule has 0 unspecified atom stereocenters. The van der Waals surface area contributed by atoms with Gasteiger partial charge in [-0.2, -0.15) is 0 Å². The Bertz CT molecular complexity index is 878. The van der Waals surface area contributed by atoms with Gasteiger partial charge in [0.2, 0.25) is 5.78 Å². The van der Waals surface area contributed by atoms with Crippen molar-refractivity contribution < 1.29 is 14.3 Å². The van der Waals surface area contributed by atoms with Crippen LogP contribution in [0.3, 0.4) is 0 Å². The standard InChI is InChI=1S/C19H17NO3/c1-3-23-19(22)15-10-7-11-20-16(15)12-13(2)17(20)18(21)14-8-5-4-6-9-14/h4-12H,3H2,1-2H3. The Morgan fingerprint density at radius 3 is 2.52 bits per heavy atom. The summed E-state index contributed by atoms with van der Waals surface area (Å²) < 4.78 is 6.85. The molecule has 0 N–H and O–H groups in total. The van der Waals surface area contributed by atoms with Crippen molar-refractivity contribution in [1.82, 2.24) is 4.40 Å². The lowest BCUT2D eigenvalue weighted by Gasteiger charge is -2.07. The molecular formula is C19H17NO3. The molecule has 0 saturated carbocycles. The van der Waals surface area contributed by atoms with Crippen molar-refractivity contribution in [1.29, 1.82) is 0 Å². The summed E-state index contributed by atoms with van der Waals surface area (Å²) in [5.41, 5.74) is 3.16. The van der Waals surface area contributed by atoms with E-state index in [-0.39, 0.29) is 11.8 Å². The molecule has 116 valence electrons. The van der Waals surface area contributed by atoms with Crippen LogP contribution in [0.25, 0.3) is 5.52 Å². The van der Waals surface area contributed by atoms with Crippen LogP contribution in [0, 0.1) is 6.92 Å². The van der Waals surface area contributed by atoms with Gasteiger partial charge in [-0.1, -0.05) is 30.3 Å². The van der Waals surface area contributed by atoms with Crippen LogP contribution in [0.5, 0.6) is 0 Å². The molecule has 2 heterocycles. The van der Waals surface area contributed by atoms with E-state index in [9.17, 15) is 9.59 Å². The van der Waals surface area contributed by atoms with Crippen molar-refractivity contribution in [2.24, 2.45) is 0 Å². The number of ether oxygens (including phenoxy) is 1. The van der Waals surface area contributed by atoms with Crippen molar-refractivity contribution in [2.45, 2.75) is 13.8 Å². The zero-order valence-corrected chi connectivity index (χ0v) is 13.1. The predicted molar refractivity (Wildman–Crippen MR) is 88.0 cm³/mol. The Hall–Kier alpha value is -2.88. The number of carbonyl (C=O) groups is 2. The molecule has 3 aromatic rings. The zero-order valence-electron chi connectivity index (χ0n) is 13.1. The maximum Gasteiger partial charge on any atom is 0.340 e. The normalized spacial score (nSPS) is 10.7.